The molecule has 0 aliphatic heterocycles. The van der Waals surface area contributed by atoms with Gasteiger partial charge < -0.3 is 0 Å². The Bertz CT molecular complexity index is 486. The summed E-state index contributed by atoms with van der Waals surface area (Å²) < 4.78 is 0. The van der Waals surface area contributed by atoms with Gasteiger partial charge in [-0.15, -0.1) is 6.58 Å². The third-order valence-electron chi connectivity index (χ3n) is 7.07. The molecule has 1 nitrogen and oxygen atoms in total. The zero-order valence-electron chi connectivity index (χ0n) is 14.1. The minimum absolute atomic E-state index is 0.208. The molecule has 0 aromatic heterocycles. The molecule has 0 aromatic carbocycles. The Morgan fingerprint density at radius 1 is 1.33 bits per heavy atom. The van der Waals surface area contributed by atoms with Crippen molar-refractivity contribution in [3.63, 3.8) is 0 Å². The number of hydrogen-bond acceptors (Lipinski definition) is 1. The first-order valence-corrected chi connectivity index (χ1v) is 8.75. The molecular weight excluding hydrogens is 256 g/mol. The summed E-state index contributed by atoms with van der Waals surface area (Å²) in [5.41, 5.74) is 1.35. The van der Waals surface area contributed by atoms with Gasteiger partial charge in [0.05, 0.1) is 0 Å². The SMILES string of the molecule is C=C[C@@H]1CC[C@@H]2[C@H]1C(=O)C(C)=C[C@@H]1[C@@H](C(C)C)CC[C@]12C. The van der Waals surface area contributed by atoms with Crippen LogP contribution in [0.5, 0.6) is 0 Å². The molecule has 116 valence electrons. The normalized spacial score (nSPS) is 46.0. The number of hydrogen-bond donors (Lipinski definition) is 0. The lowest BCUT2D eigenvalue weighted by Crippen LogP contribution is -2.36. The van der Waals surface area contributed by atoms with Crippen LogP contribution < -0.4 is 0 Å². The van der Waals surface area contributed by atoms with Gasteiger partial charge in [0.15, 0.2) is 5.78 Å². The Morgan fingerprint density at radius 3 is 2.67 bits per heavy atom. The van der Waals surface area contributed by atoms with E-state index in [4.69, 9.17) is 0 Å². The maximum Gasteiger partial charge on any atom is 0.162 e. The van der Waals surface area contributed by atoms with Gasteiger partial charge in [0.1, 0.15) is 0 Å². The first kappa shape index (κ1) is 15.1. The third kappa shape index (κ3) is 2.07. The number of allylic oxidation sites excluding steroid dienone is 3. The summed E-state index contributed by atoms with van der Waals surface area (Å²) in [6, 6.07) is 0. The molecule has 2 fully saturated rings. The minimum atomic E-state index is 0.208. The highest BCUT2D eigenvalue weighted by Gasteiger charge is 2.57. The van der Waals surface area contributed by atoms with Crippen LogP contribution in [0.25, 0.3) is 0 Å². The molecule has 21 heavy (non-hydrogen) atoms. The van der Waals surface area contributed by atoms with E-state index in [1.807, 2.05) is 0 Å². The van der Waals surface area contributed by atoms with Crippen LogP contribution in [0.2, 0.25) is 0 Å². The van der Waals surface area contributed by atoms with Gasteiger partial charge in [0.25, 0.3) is 0 Å². The van der Waals surface area contributed by atoms with Crippen LogP contribution in [0.4, 0.5) is 0 Å². The number of carbonyl (C=O) groups is 1. The van der Waals surface area contributed by atoms with Crippen molar-refractivity contribution >= 4 is 5.78 Å². The first-order valence-electron chi connectivity index (χ1n) is 8.75. The second kappa shape index (κ2) is 5.11. The number of carbonyl (C=O) groups excluding carboxylic acids is 1. The highest BCUT2D eigenvalue weighted by molar-refractivity contribution is 5.97. The molecule has 0 N–H and O–H groups in total. The zero-order valence-corrected chi connectivity index (χ0v) is 14.1. The fraction of sp³-hybridized carbons (Fsp3) is 0.750. The topological polar surface area (TPSA) is 17.1 Å². The average Bonchev–Trinajstić information content (AvgIpc) is 2.99. The lowest BCUT2D eigenvalue weighted by molar-refractivity contribution is -0.122. The van der Waals surface area contributed by atoms with E-state index in [0.717, 1.165) is 17.9 Å². The summed E-state index contributed by atoms with van der Waals surface area (Å²) >= 11 is 0. The molecule has 0 aromatic rings. The van der Waals surface area contributed by atoms with Crippen LogP contribution in [-0.2, 0) is 4.79 Å². The highest BCUT2D eigenvalue weighted by Crippen LogP contribution is 2.62. The summed E-state index contributed by atoms with van der Waals surface area (Å²) in [5, 5.41) is 0. The third-order valence-corrected chi connectivity index (χ3v) is 7.07. The van der Waals surface area contributed by atoms with Crippen LogP contribution in [0, 0.1) is 40.9 Å². The lowest BCUT2D eigenvalue weighted by Gasteiger charge is -2.40. The van der Waals surface area contributed by atoms with Crippen molar-refractivity contribution in [3.8, 4) is 0 Å². The summed E-state index contributed by atoms with van der Waals surface area (Å²) in [5.74, 6) is 3.65. The van der Waals surface area contributed by atoms with Crippen molar-refractivity contribution in [3.05, 3.63) is 24.3 Å². The standard InChI is InChI=1S/C20H30O/c1-6-14-7-8-16-18(14)19(21)13(4)11-17-15(12(2)3)9-10-20(16,17)5/h6,11-12,14-18H,1,7-10H2,2-5H3/t14-,15-,16-,17-,18+,20+/m1/s1. The highest BCUT2D eigenvalue weighted by atomic mass is 16.1. The van der Waals surface area contributed by atoms with E-state index in [0.29, 0.717) is 34.9 Å². The number of ketones is 1. The van der Waals surface area contributed by atoms with E-state index < -0.39 is 0 Å². The monoisotopic (exact) mass is 286 g/mol. The molecule has 0 saturated heterocycles. The molecule has 3 rings (SSSR count). The molecule has 0 bridgehead atoms. The number of rotatable bonds is 2. The smallest absolute Gasteiger partial charge is 0.162 e. The predicted molar refractivity (Wildman–Crippen MR) is 87.8 cm³/mol. The van der Waals surface area contributed by atoms with Crippen LogP contribution in [-0.4, -0.2) is 5.78 Å². The van der Waals surface area contributed by atoms with Crippen molar-refractivity contribution in [1.82, 2.24) is 0 Å². The average molecular weight is 286 g/mol. The quantitative estimate of drug-likeness (QED) is 0.650. The van der Waals surface area contributed by atoms with Gasteiger partial charge in [0.2, 0.25) is 0 Å². The summed E-state index contributed by atoms with van der Waals surface area (Å²) in [6.07, 6.45) is 9.41. The van der Waals surface area contributed by atoms with Crippen LogP contribution >= 0.6 is 0 Å². The zero-order chi connectivity index (χ0) is 15.4. The van der Waals surface area contributed by atoms with Crippen molar-refractivity contribution < 1.29 is 4.79 Å². The van der Waals surface area contributed by atoms with Crippen LogP contribution in [0.3, 0.4) is 0 Å². The van der Waals surface area contributed by atoms with Gasteiger partial charge in [-0.25, -0.2) is 0 Å². The van der Waals surface area contributed by atoms with Gasteiger partial charge >= 0.3 is 0 Å². The van der Waals surface area contributed by atoms with Crippen molar-refractivity contribution in [2.75, 3.05) is 0 Å². The van der Waals surface area contributed by atoms with Gasteiger partial charge in [-0.3, -0.25) is 4.79 Å². The molecule has 2 saturated carbocycles. The van der Waals surface area contributed by atoms with E-state index in [1.165, 1.54) is 19.3 Å². The molecular formula is C20H30O. The summed E-state index contributed by atoms with van der Waals surface area (Å²) in [6.45, 7) is 13.2. The van der Waals surface area contributed by atoms with E-state index in [9.17, 15) is 4.79 Å². The Hall–Kier alpha value is -0.850. The maximum absolute atomic E-state index is 12.9. The summed E-state index contributed by atoms with van der Waals surface area (Å²) in [7, 11) is 0. The molecule has 3 aliphatic rings. The fourth-order valence-electron chi connectivity index (χ4n) is 5.83. The molecule has 0 amide bonds. The maximum atomic E-state index is 12.9. The number of Topliss-reactive ketones (excluding diaryl/α,β-unsaturated/α-hetero) is 1. The van der Waals surface area contributed by atoms with E-state index in [2.05, 4.69) is 46.4 Å². The van der Waals surface area contributed by atoms with Crippen LogP contribution in [0.1, 0.15) is 53.4 Å². The Kier molecular flexibility index (Phi) is 3.66. The summed E-state index contributed by atoms with van der Waals surface area (Å²) in [4.78, 5) is 12.9. The van der Waals surface area contributed by atoms with Gasteiger partial charge in [-0.1, -0.05) is 32.9 Å². The van der Waals surface area contributed by atoms with Crippen molar-refractivity contribution in [2.24, 2.45) is 40.9 Å². The molecule has 0 unspecified atom stereocenters. The Morgan fingerprint density at radius 2 is 2.05 bits per heavy atom. The largest absolute Gasteiger partial charge is 0.294 e. The van der Waals surface area contributed by atoms with Crippen molar-refractivity contribution in [2.45, 2.75) is 53.4 Å². The minimum Gasteiger partial charge on any atom is -0.294 e. The molecule has 1 heteroatoms. The molecule has 3 aliphatic carbocycles. The number of fused-ring (bicyclic) bond motifs is 3. The Labute approximate surface area is 129 Å². The predicted octanol–water partition coefficient (Wildman–Crippen LogP) is 5.03. The molecule has 6 atom stereocenters. The second-order valence-electron chi connectivity index (χ2n) is 8.30. The van der Waals surface area contributed by atoms with E-state index in [-0.39, 0.29) is 5.92 Å². The molecule has 0 heterocycles. The van der Waals surface area contributed by atoms with Crippen LogP contribution in [0.15, 0.2) is 24.3 Å². The van der Waals surface area contributed by atoms with Gasteiger partial charge in [-0.05, 0) is 73.2 Å². The Balaban J connectivity index is 2.06. The van der Waals surface area contributed by atoms with E-state index in [1.54, 1.807) is 0 Å². The fourth-order valence-corrected chi connectivity index (χ4v) is 5.83. The lowest BCUT2D eigenvalue weighted by atomic mass is 9.64. The van der Waals surface area contributed by atoms with Gasteiger partial charge in [0, 0.05) is 5.92 Å². The molecule has 0 spiro atoms. The van der Waals surface area contributed by atoms with E-state index >= 15 is 0 Å². The molecule has 0 radical (unpaired) electrons. The second-order valence-corrected chi connectivity index (χ2v) is 8.30. The first-order chi connectivity index (χ1) is 9.90. The van der Waals surface area contributed by atoms with Crippen molar-refractivity contribution in [1.29, 1.82) is 0 Å². The van der Waals surface area contributed by atoms with Gasteiger partial charge in [-0.2, -0.15) is 0 Å².